The first-order chi connectivity index (χ1) is 8.88. The van der Waals surface area contributed by atoms with Gasteiger partial charge in [0.1, 0.15) is 6.10 Å². The second kappa shape index (κ2) is 5.47. The first-order valence-corrected chi connectivity index (χ1v) is 7.43. The lowest BCUT2D eigenvalue weighted by atomic mass is 9.96. The van der Waals surface area contributed by atoms with Crippen molar-refractivity contribution in [1.82, 2.24) is 5.32 Å². The van der Waals surface area contributed by atoms with Gasteiger partial charge >= 0.3 is 5.97 Å². The molecule has 0 saturated heterocycles. The van der Waals surface area contributed by atoms with Gasteiger partial charge in [-0.2, -0.15) is 0 Å². The molecule has 104 valence electrons. The summed E-state index contributed by atoms with van der Waals surface area (Å²) in [4.78, 5) is 13.2. The van der Waals surface area contributed by atoms with Gasteiger partial charge in [-0.3, -0.25) is 4.79 Å². The number of carbonyl (C=O) groups is 1. The average molecular weight is 279 g/mol. The number of hydrogen-bond donors (Lipinski definition) is 1. The summed E-state index contributed by atoms with van der Waals surface area (Å²) in [7, 11) is 0. The Balaban J connectivity index is 2.17. The second-order valence-electron chi connectivity index (χ2n) is 5.95. The van der Waals surface area contributed by atoms with Crippen molar-refractivity contribution in [1.29, 1.82) is 0 Å². The Morgan fingerprint density at radius 3 is 2.79 bits per heavy atom. The summed E-state index contributed by atoms with van der Waals surface area (Å²) in [5.74, 6) is -0.152. The van der Waals surface area contributed by atoms with Gasteiger partial charge < -0.3 is 10.1 Å². The van der Waals surface area contributed by atoms with Crippen molar-refractivity contribution in [2.45, 2.75) is 33.8 Å². The Hall–Kier alpha value is -1.13. The van der Waals surface area contributed by atoms with Crippen LogP contribution in [0.1, 0.15) is 31.2 Å². The molecular formula is C15H21NO2S. The normalized spacial score (nSPS) is 20.0. The van der Waals surface area contributed by atoms with Crippen molar-refractivity contribution in [3.8, 4) is 0 Å². The molecule has 1 N–H and O–H groups in total. The number of carbonyl (C=O) groups excluding carboxylic acids is 1. The highest BCUT2D eigenvalue weighted by Crippen LogP contribution is 2.29. The standard InChI is InChI=1S/C15H21NO2S/c1-10-7-13(19-9-10)11-5-6-16-8-12(11)18-14(17)15(2,3)4/h5,7,9,12,16H,6,8H2,1-4H3. The average Bonchev–Trinajstić information content (AvgIpc) is 2.75. The first-order valence-electron chi connectivity index (χ1n) is 6.55. The van der Waals surface area contributed by atoms with E-state index in [-0.39, 0.29) is 12.1 Å². The number of rotatable bonds is 2. The highest BCUT2D eigenvalue weighted by Gasteiger charge is 2.29. The molecule has 2 heterocycles. The van der Waals surface area contributed by atoms with Crippen LogP contribution in [-0.4, -0.2) is 25.2 Å². The summed E-state index contributed by atoms with van der Waals surface area (Å²) in [5, 5.41) is 5.38. The van der Waals surface area contributed by atoms with Gasteiger partial charge in [0.05, 0.1) is 5.41 Å². The zero-order valence-electron chi connectivity index (χ0n) is 11.9. The molecule has 1 aromatic rings. The van der Waals surface area contributed by atoms with E-state index in [4.69, 9.17) is 4.74 Å². The van der Waals surface area contributed by atoms with Crippen LogP contribution in [0.2, 0.25) is 0 Å². The molecule has 0 spiro atoms. The van der Waals surface area contributed by atoms with Gasteiger partial charge in [0.25, 0.3) is 0 Å². The summed E-state index contributed by atoms with van der Waals surface area (Å²) in [6, 6.07) is 2.15. The molecule has 1 aliphatic heterocycles. The summed E-state index contributed by atoms with van der Waals surface area (Å²) in [5.41, 5.74) is 1.92. The molecule has 0 fully saturated rings. The maximum atomic E-state index is 12.0. The van der Waals surface area contributed by atoms with Crippen molar-refractivity contribution in [2.24, 2.45) is 5.41 Å². The maximum absolute atomic E-state index is 12.0. The van der Waals surface area contributed by atoms with Gasteiger partial charge in [0.15, 0.2) is 0 Å². The molecule has 0 radical (unpaired) electrons. The molecule has 1 atom stereocenters. The number of ether oxygens (including phenoxy) is 1. The number of nitrogens with one attached hydrogen (secondary N) is 1. The van der Waals surface area contributed by atoms with Gasteiger partial charge in [-0.1, -0.05) is 6.08 Å². The van der Waals surface area contributed by atoms with Crippen molar-refractivity contribution >= 4 is 22.9 Å². The highest BCUT2D eigenvalue weighted by atomic mass is 32.1. The Bertz CT molecular complexity index is 496. The summed E-state index contributed by atoms with van der Waals surface area (Å²) in [6.45, 7) is 9.23. The summed E-state index contributed by atoms with van der Waals surface area (Å²) >= 11 is 1.71. The minimum absolute atomic E-state index is 0.152. The lowest BCUT2D eigenvalue weighted by Gasteiger charge is -2.27. The lowest BCUT2D eigenvalue weighted by molar-refractivity contribution is -0.155. The molecule has 2 rings (SSSR count). The second-order valence-corrected chi connectivity index (χ2v) is 6.86. The minimum atomic E-state index is -0.464. The third-order valence-electron chi connectivity index (χ3n) is 3.02. The van der Waals surface area contributed by atoms with E-state index in [1.165, 1.54) is 10.4 Å². The highest BCUT2D eigenvalue weighted by molar-refractivity contribution is 7.11. The summed E-state index contributed by atoms with van der Waals surface area (Å²) in [6.07, 6.45) is 1.94. The van der Waals surface area contributed by atoms with Crippen molar-refractivity contribution in [3.63, 3.8) is 0 Å². The van der Waals surface area contributed by atoms with Crippen LogP contribution in [0, 0.1) is 12.3 Å². The quantitative estimate of drug-likeness (QED) is 0.846. The van der Waals surface area contributed by atoms with Crippen LogP contribution < -0.4 is 5.32 Å². The van der Waals surface area contributed by atoms with Crippen LogP contribution >= 0.6 is 11.3 Å². The van der Waals surface area contributed by atoms with Crippen LogP contribution in [0.15, 0.2) is 17.5 Å². The Kier molecular flexibility index (Phi) is 4.11. The maximum Gasteiger partial charge on any atom is 0.311 e. The number of esters is 1. The predicted molar refractivity (Wildman–Crippen MR) is 79.2 cm³/mol. The van der Waals surface area contributed by atoms with E-state index < -0.39 is 5.41 Å². The van der Waals surface area contributed by atoms with Crippen LogP contribution in [0.3, 0.4) is 0 Å². The van der Waals surface area contributed by atoms with E-state index in [2.05, 4.69) is 29.8 Å². The van der Waals surface area contributed by atoms with Gasteiger partial charge in [-0.15, -0.1) is 11.3 Å². The van der Waals surface area contributed by atoms with Gasteiger partial charge in [-0.05, 0) is 44.7 Å². The molecule has 0 amide bonds. The lowest BCUT2D eigenvalue weighted by Crippen LogP contribution is -2.38. The minimum Gasteiger partial charge on any atom is -0.456 e. The Morgan fingerprint density at radius 1 is 1.47 bits per heavy atom. The van der Waals surface area contributed by atoms with Crippen molar-refractivity contribution in [3.05, 3.63) is 28.0 Å². The van der Waals surface area contributed by atoms with Gasteiger partial charge in [0, 0.05) is 23.5 Å². The fourth-order valence-electron chi connectivity index (χ4n) is 1.89. The van der Waals surface area contributed by atoms with Crippen molar-refractivity contribution < 1.29 is 9.53 Å². The van der Waals surface area contributed by atoms with Crippen LogP contribution in [-0.2, 0) is 9.53 Å². The zero-order valence-corrected chi connectivity index (χ0v) is 12.8. The fraction of sp³-hybridized carbons (Fsp3) is 0.533. The molecule has 0 saturated carbocycles. The predicted octanol–water partition coefficient (Wildman–Crippen LogP) is 3.00. The number of hydrogen-bond acceptors (Lipinski definition) is 4. The fourth-order valence-corrected chi connectivity index (χ4v) is 2.88. The largest absolute Gasteiger partial charge is 0.456 e. The molecule has 0 aromatic carbocycles. The molecule has 3 nitrogen and oxygen atoms in total. The Labute approximate surface area is 118 Å². The van der Waals surface area contributed by atoms with E-state index >= 15 is 0 Å². The monoisotopic (exact) mass is 279 g/mol. The summed E-state index contributed by atoms with van der Waals surface area (Å²) < 4.78 is 5.67. The van der Waals surface area contributed by atoms with Gasteiger partial charge in [0.2, 0.25) is 0 Å². The van der Waals surface area contributed by atoms with Crippen molar-refractivity contribution in [2.75, 3.05) is 13.1 Å². The molecule has 19 heavy (non-hydrogen) atoms. The number of aryl methyl sites for hydroxylation is 1. The first kappa shape index (κ1) is 14.3. The van der Waals surface area contributed by atoms with E-state index in [0.29, 0.717) is 6.54 Å². The molecular weight excluding hydrogens is 258 g/mol. The van der Waals surface area contributed by atoms with E-state index in [1.807, 2.05) is 20.8 Å². The molecule has 1 aliphatic rings. The van der Waals surface area contributed by atoms with E-state index in [9.17, 15) is 4.79 Å². The van der Waals surface area contributed by atoms with Crippen LogP contribution in [0.5, 0.6) is 0 Å². The van der Waals surface area contributed by atoms with Gasteiger partial charge in [-0.25, -0.2) is 0 Å². The molecule has 1 aromatic heterocycles. The topological polar surface area (TPSA) is 38.3 Å². The van der Waals surface area contributed by atoms with Crippen LogP contribution in [0.4, 0.5) is 0 Å². The van der Waals surface area contributed by atoms with E-state index in [1.54, 1.807) is 11.3 Å². The molecule has 0 bridgehead atoms. The third kappa shape index (κ3) is 3.45. The molecule has 0 aliphatic carbocycles. The Morgan fingerprint density at radius 2 is 2.21 bits per heavy atom. The number of thiophene rings is 1. The molecule has 4 heteroatoms. The smallest absolute Gasteiger partial charge is 0.311 e. The SMILES string of the molecule is Cc1csc(C2=CCNCC2OC(=O)C(C)(C)C)c1. The van der Waals surface area contributed by atoms with Crippen LogP contribution in [0.25, 0.3) is 5.57 Å². The molecule has 1 unspecified atom stereocenters. The zero-order chi connectivity index (χ0) is 14.0. The van der Waals surface area contributed by atoms with E-state index in [0.717, 1.165) is 12.1 Å². The third-order valence-corrected chi connectivity index (χ3v) is 4.12.